The molecule has 3 rings (SSSR count). The molecule has 2 aromatic rings. The van der Waals surface area contributed by atoms with Gasteiger partial charge in [0.15, 0.2) is 11.5 Å². The third kappa shape index (κ3) is 4.78. The van der Waals surface area contributed by atoms with E-state index in [2.05, 4.69) is 0 Å². The predicted octanol–water partition coefficient (Wildman–Crippen LogP) is 2.25. The average Bonchev–Trinajstić information content (AvgIpc) is 2.77. The molecular weight excluding hydrogens is 392 g/mol. The van der Waals surface area contributed by atoms with Crippen molar-refractivity contribution >= 4 is 22.0 Å². The molecule has 0 spiro atoms. The summed E-state index contributed by atoms with van der Waals surface area (Å²) in [6.07, 6.45) is 3.19. The van der Waals surface area contributed by atoms with E-state index in [0.29, 0.717) is 24.6 Å². The molecule has 0 bridgehead atoms. The number of hydrogen-bond donors (Lipinski definition) is 0. The minimum absolute atomic E-state index is 0.156. The highest BCUT2D eigenvalue weighted by atomic mass is 32.2. The van der Waals surface area contributed by atoms with Gasteiger partial charge in [0.1, 0.15) is 0 Å². The highest BCUT2D eigenvalue weighted by Gasteiger charge is 2.29. The number of carbonyl (C=O) groups is 1. The normalized spacial score (nSPS) is 15.4. The summed E-state index contributed by atoms with van der Waals surface area (Å²) in [6.45, 7) is 1.24. The molecule has 1 fully saturated rings. The molecular formula is C21H24N2O5S. The summed E-state index contributed by atoms with van der Waals surface area (Å²) in [4.78, 5) is 14.4. The minimum Gasteiger partial charge on any atom is -0.493 e. The zero-order valence-corrected chi connectivity index (χ0v) is 17.3. The van der Waals surface area contributed by atoms with Crippen LogP contribution in [0, 0.1) is 0 Å². The summed E-state index contributed by atoms with van der Waals surface area (Å²) in [5.41, 5.74) is 0.807. The van der Waals surface area contributed by atoms with Gasteiger partial charge in [-0.25, -0.2) is 8.42 Å². The highest BCUT2D eigenvalue weighted by Crippen LogP contribution is 2.28. The van der Waals surface area contributed by atoms with Crippen LogP contribution in [0.2, 0.25) is 0 Å². The Labute approximate surface area is 171 Å². The Balaban J connectivity index is 1.61. The molecule has 0 atom stereocenters. The van der Waals surface area contributed by atoms with Gasteiger partial charge < -0.3 is 14.4 Å². The molecule has 1 aliphatic rings. The Morgan fingerprint density at radius 3 is 2.21 bits per heavy atom. The number of carbonyl (C=O) groups excluding carboxylic acids is 1. The fraction of sp³-hybridized carbons (Fsp3) is 0.286. The van der Waals surface area contributed by atoms with E-state index < -0.39 is 10.0 Å². The van der Waals surface area contributed by atoms with E-state index in [1.807, 2.05) is 6.07 Å². The van der Waals surface area contributed by atoms with Gasteiger partial charge in [0.25, 0.3) is 0 Å². The molecule has 8 heteroatoms. The van der Waals surface area contributed by atoms with Crippen LogP contribution in [0.4, 0.5) is 0 Å². The molecule has 0 N–H and O–H groups in total. The van der Waals surface area contributed by atoms with Crippen LogP contribution in [0.15, 0.2) is 59.5 Å². The molecule has 1 amide bonds. The van der Waals surface area contributed by atoms with Crippen LogP contribution in [-0.2, 0) is 14.8 Å². The van der Waals surface area contributed by atoms with E-state index in [-0.39, 0.29) is 23.9 Å². The lowest BCUT2D eigenvalue weighted by Crippen LogP contribution is -2.50. The van der Waals surface area contributed by atoms with Gasteiger partial charge in [-0.05, 0) is 35.9 Å². The van der Waals surface area contributed by atoms with Crippen molar-refractivity contribution in [3.05, 3.63) is 60.2 Å². The largest absolute Gasteiger partial charge is 0.493 e. The second-order valence-electron chi connectivity index (χ2n) is 6.49. The molecule has 7 nitrogen and oxygen atoms in total. The van der Waals surface area contributed by atoms with Crippen LogP contribution in [-0.4, -0.2) is 63.9 Å². The highest BCUT2D eigenvalue weighted by molar-refractivity contribution is 7.89. The summed E-state index contributed by atoms with van der Waals surface area (Å²) in [6, 6.07) is 13.7. The first kappa shape index (κ1) is 20.9. The maximum Gasteiger partial charge on any atom is 0.246 e. The number of sulfonamides is 1. The van der Waals surface area contributed by atoms with E-state index in [0.717, 1.165) is 5.56 Å². The predicted molar refractivity (Wildman–Crippen MR) is 110 cm³/mol. The van der Waals surface area contributed by atoms with Crippen LogP contribution >= 0.6 is 0 Å². The Hall–Kier alpha value is -2.84. The van der Waals surface area contributed by atoms with Gasteiger partial charge >= 0.3 is 0 Å². The summed E-state index contributed by atoms with van der Waals surface area (Å²) in [7, 11) is -0.410. The van der Waals surface area contributed by atoms with Crippen LogP contribution in [0.3, 0.4) is 0 Å². The second-order valence-corrected chi connectivity index (χ2v) is 8.43. The monoisotopic (exact) mass is 416 g/mol. The minimum atomic E-state index is -3.53. The molecule has 0 saturated carbocycles. The van der Waals surface area contributed by atoms with Crippen molar-refractivity contribution in [3.8, 4) is 11.5 Å². The van der Waals surface area contributed by atoms with Crippen molar-refractivity contribution < 1.29 is 22.7 Å². The molecule has 2 aromatic carbocycles. The van der Waals surface area contributed by atoms with Crippen LogP contribution in [0.1, 0.15) is 5.56 Å². The topological polar surface area (TPSA) is 76.2 Å². The van der Waals surface area contributed by atoms with Crippen LogP contribution in [0.5, 0.6) is 11.5 Å². The van der Waals surface area contributed by atoms with Crippen LogP contribution < -0.4 is 9.47 Å². The summed E-state index contributed by atoms with van der Waals surface area (Å²) < 4.78 is 37.2. The van der Waals surface area contributed by atoms with E-state index in [1.54, 1.807) is 67.7 Å². The molecule has 154 valence electrons. The van der Waals surface area contributed by atoms with Gasteiger partial charge in [-0.15, -0.1) is 0 Å². The number of ether oxygens (including phenoxy) is 2. The lowest BCUT2D eigenvalue weighted by atomic mass is 10.2. The number of amides is 1. The lowest BCUT2D eigenvalue weighted by molar-refractivity contribution is -0.127. The lowest BCUT2D eigenvalue weighted by Gasteiger charge is -2.33. The summed E-state index contributed by atoms with van der Waals surface area (Å²) in [5, 5.41) is 0. The number of rotatable bonds is 6. The van der Waals surface area contributed by atoms with Crippen molar-refractivity contribution in [1.82, 2.24) is 9.21 Å². The van der Waals surface area contributed by atoms with Crippen molar-refractivity contribution in [2.45, 2.75) is 4.90 Å². The third-order valence-corrected chi connectivity index (χ3v) is 6.67. The Morgan fingerprint density at radius 1 is 0.931 bits per heavy atom. The first-order chi connectivity index (χ1) is 14.0. The standard InChI is InChI=1S/C21H24N2O5S/c1-27-19-10-8-17(16-20(19)28-2)9-11-21(24)22-12-14-23(15-13-22)29(25,26)18-6-4-3-5-7-18/h3-11,16H,12-15H2,1-2H3. The first-order valence-corrected chi connectivity index (χ1v) is 10.6. The van der Waals surface area contributed by atoms with Gasteiger partial charge in [-0.2, -0.15) is 4.31 Å². The number of piperazine rings is 1. The maximum absolute atomic E-state index is 12.7. The fourth-order valence-corrected chi connectivity index (χ4v) is 4.56. The number of methoxy groups -OCH3 is 2. The molecule has 0 unspecified atom stereocenters. The molecule has 29 heavy (non-hydrogen) atoms. The van der Waals surface area contributed by atoms with Crippen molar-refractivity contribution in [2.24, 2.45) is 0 Å². The van der Waals surface area contributed by atoms with Gasteiger partial charge in [0.2, 0.25) is 15.9 Å². The maximum atomic E-state index is 12.7. The Bertz CT molecular complexity index is 981. The van der Waals surface area contributed by atoms with Crippen molar-refractivity contribution in [2.75, 3.05) is 40.4 Å². The molecule has 0 aliphatic carbocycles. The fourth-order valence-electron chi connectivity index (χ4n) is 3.12. The quantitative estimate of drug-likeness (QED) is 0.675. The van der Waals surface area contributed by atoms with Crippen molar-refractivity contribution in [1.29, 1.82) is 0 Å². The van der Waals surface area contributed by atoms with Gasteiger partial charge in [-0.1, -0.05) is 24.3 Å². The average molecular weight is 416 g/mol. The van der Waals surface area contributed by atoms with Gasteiger partial charge in [0.05, 0.1) is 19.1 Å². The second kappa shape index (κ2) is 9.11. The molecule has 1 saturated heterocycles. The Morgan fingerprint density at radius 2 is 1.59 bits per heavy atom. The van der Waals surface area contributed by atoms with E-state index in [1.165, 1.54) is 10.4 Å². The SMILES string of the molecule is COc1ccc(C=CC(=O)N2CCN(S(=O)(=O)c3ccccc3)CC2)cc1OC. The zero-order valence-electron chi connectivity index (χ0n) is 16.4. The van der Waals surface area contributed by atoms with Gasteiger partial charge in [-0.3, -0.25) is 4.79 Å². The zero-order chi connectivity index (χ0) is 20.9. The van der Waals surface area contributed by atoms with E-state index in [4.69, 9.17) is 9.47 Å². The Kier molecular flexibility index (Phi) is 6.56. The van der Waals surface area contributed by atoms with E-state index >= 15 is 0 Å². The molecule has 1 heterocycles. The molecule has 0 aromatic heterocycles. The number of hydrogen-bond acceptors (Lipinski definition) is 5. The smallest absolute Gasteiger partial charge is 0.246 e. The van der Waals surface area contributed by atoms with Gasteiger partial charge in [0, 0.05) is 32.3 Å². The summed E-state index contributed by atoms with van der Waals surface area (Å²) >= 11 is 0. The molecule has 1 aliphatic heterocycles. The number of benzene rings is 2. The summed E-state index contributed by atoms with van der Waals surface area (Å²) in [5.74, 6) is 1.05. The molecule has 0 radical (unpaired) electrons. The third-order valence-electron chi connectivity index (χ3n) is 4.76. The number of nitrogens with zero attached hydrogens (tertiary/aromatic N) is 2. The van der Waals surface area contributed by atoms with Crippen LogP contribution in [0.25, 0.3) is 6.08 Å². The first-order valence-electron chi connectivity index (χ1n) is 9.20. The van der Waals surface area contributed by atoms with E-state index in [9.17, 15) is 13.2 Å². The van der Waals surface area contributed by atoms with Crippen molar-refractivity contribution in [3.63, 3.8) is 0 Å².